The normalized spacial score (nSPS) is 11.6. The number of nitrogens with zero attached hydrogens (tertiary/aromatic N) is 4. The van der Waals surface area contributed by atoms with Gasteiger partial charge in [-0.3, -0.25) is 0 Å². The molecule has 0 N–H and O–H groups in total. The monoisotopic (exact) mass is 656 g/mol. The SMILES string of the molecule is c1ccc(-c2ccccc2-c2nc(-c3ccccc3-n3c4ccccc4c4ccccc43)nc(-c3cccc4c3sc3ccccc34)n2)cc1. The first-order chi connectivity index (χ1) is 24.8. The zero-order valence-electron chi connectivity index (χ0n) is 26.9. The highest BCUT2D eigenvalue weighted by Crippen LogP contribution is 2.41. The lowest BCUT2D eigenvalue weighted by atomic mass is 9.99. The molecule has 0 saturated heterocycles. The summed E-state index contributed by atoms with van der Waals surface area (Å²) in [5, 5.41) is 4.88. The van der Waals surface area contributed by atoms with Gasteiger partial charge >= 0.3 is 0 Å². The van der Waals surface area contributed by atoms with Crippen molar-refractivity contribution >= 4 is 53.3 Å². The number of rotatable bonds is 5. The number of para-hydroxylation sites is 3. The van der Waals surface area contributed by atoms with Gasteiger partial charge < -0.3 is 4.57 Å². The van der Waals surface area contributed by atoms with Gasteiger partial charge in [0, 0.05) is 47.6 Å². The highest BCUT2D eigenvalue weighted by atomic mass is 32.1. The van der Waals surface area contributed by atoms with Crippen LogP contribution in [0, 0.1) is 0 Å². The van der Waals surface area contributed by atoms with E-state index in [1.165, 1.54) is 30.9 Å². The van der Waals surface area contributed by atoms with Crippen molar-refractivity contribution in [1.82, 2.24) is 19.5 Å². The van der Waals surface area contributed by atoms with Gasteiger partial charge in [0.05, 0.1) is 16.7 Å². The Morgan fingerprint density at radius 3 is 1.60 bits per heavy atom. The van der Waals surface area contributed by atoms with Crippen molar-refractivity contribution in [2.45, 2.75) is 0 Å². The fourth-order valence-electron chi connectivity index (χ4n) is 7.25. The molecule has 0 amide bonds. The Labute approximate surface area is 292 Å². The highest BCUT2D eigenvalue weighted by molar-refractivity contribution is 7.26. The maximum absolute atomic E-state index is 5.32. The van der Waals surface area contributed by atoms with Crippen LogP contribution in [0.4, 0.5) is 0 Å². The second-order valence-electron chi connectivity index (χ2n) is 12.4. The quantitative estimate of drug-likeness (QED) is 0.185. The molecule has 5 heteroatoms. The average molecular weight is 657 g/mol. The van der Waals surface area contributed by atoms with Crippen LogP contribution in [0.1, 0.15) is 0 Å². The third-order valence-electron chi connectivity index (χ3n) is 9.50. The number of thiophene rings is 1. The maximum atomic E-state index is 5.32. The summed E-state index contributed by atoms with van der Waals surface area (Å²) in [6.07, 6.45) is 0. The molecule has 234 valence electrons. The van der Waals surface area contributed by atoms with Crippen LogP contribution in [0.3, 0.4) is 0 Å². The molecule has 3 heterocycles. The lowest BCUT2D eigenvalue weighted by molar-refractivity contribution is 1.07. The summed E-state index contributed by atoms with van der Waals surface area (Å²) in [5.74, 6) is 1.92. The smallest absolute Gasteiger partial charge is 0.166 e. The number of aromatic nitrogens is 4. The Bertz CT molecular complexity index is 2830. The van der Waals surface area contributed by atoms with E-state index in [1.54, 1.807) is 11.3 Å². The zero-order chi connectivity index (χ0) is 33.0. The molecule has 0 bridgehead atoms. The van der Waals surface area contributed by atoms with Crippen LogP contribution in [-0.2, 0) is 0 Å². The molecule has 0 saturated carbocycles. The highest BCUT2D eigenvalue weighted by Gasteiger charge is 2.21. The molecule has 0 atom stereocenters. The van der Waals surface area contributed by atoms with E-state index in [0.29, 0.717) is 17.5 Å². The summed E-state index contributed by atoms with van der Waals surface area (Å²) in [6.45, 7) is 0. The molecular formula is C45H28N4S. The van der Waals surface area contributed by atoms with Gasteiger partial charge in [-0.25, -0.2) is 15.0 Å². The van der Waals surface area contributed by atoms with E-state index in [1.807, 2.05) is 6.07 Å². The Morgan fingerprint density at radius 1 is 0.360 bits per heavy atom. The van der Waals surface area contributed by atoms with Crippen molar-refractivity contribution in [2.75, 3.05) is 0 Å². The van der Waals surface area contributed by atoms with E-state index in [0.717, 1.165) is 44.5 Å². The predicted octanol–water partition coefficient (Wildman–Crippen LogP) is 12.0. The van der Waals surface area contributed by atoms with Gasteiger partial charge in [-0.2, -0.15) is 0 Å². The van der Waals surface area contributed by atoms with Crippen LogP contribution in [0.25, 0.3) is 93.0 Å². The van der Waals surface area contributed by atoms with Crippen molar-refractivity contribution in [1.29, 1.82) is 0 Å². The lowest BCUT2D eigenvalue weighted by Gasteiger charge is -2.15. The van der Waals surface area contributed by atoms with Crippen LogP contribution in [0.2, 0.25) is 0 Å². The van der Waals surface area contributed by atoms with Gasteiger partial charge in [-0.1, -0.05) is 133 Å². The fraction of sp³-hybridized carbons (Fsp3) is 0. The van der Waals surface area contributed by atoms with E-state index >= 15 is 0 Å². The van der Waals surface area contributed by atoms with Crippen molar-refractivity contribution in [3.63, 3.8) is 0 Å². The molecule has 0 aliphatic heterocycles. The zero-order valence-corrected chi connectivity index (χ0v) is 27.7. The van der Waals surface area contributed by atoms with Gasteiger partial charge in [-0.15, -0.1) is 11.3 Å². The van der Waals surface area contributed by atoms with Crippen LogP contribution in [0.15, 0.2) is 170 Å². The largest absolute Gasteiger partial charge is 0.309 e. The minimum absolute atomic E-state index is 0.628. The van der Waals surface area contributed by atoms with Crippen molar-refractivity contribution in [3.05, 3.63) is 170 Å². The summed E-state index contributed by atoms with van der Waals surface area (Å²) in [5.41, 5.74) is 8.38. The predicted molar refractivity (Wildman–Crippen MR) is 209 cm³/mol. The number of fused-ring (bicyclic) bond motifs is 6. The van der Waals surface area contributed by atoms with Gasteiger partial charge in [-0.05, 0) is 47.5 Å². The van der Waals surface area contributed by atoms with Gasteiger partial charge in [0.1, 0.15) is 0 Å². The molecule has 0 fully saturated rings. The first-order valence-electron chi connectivity index (χ1n) is 16.7. The number of benzene rings is 7. The summed E-state index contributed by atoms with van der Waals surface area (Å²) in [4.78, 5) is 15.9. The Kier molecular flexibility index (Phi) is 6.64. The average Bonchev–Trinajstić information content (AvgIpc) is 3.74. The summed E-state index contributed by atoms with van der Waals surface area (Å²) in [6, 6.07) is 59.5. The standard InChI is InChI=1S/C45H28N4S/c1-2-15-29(16-3-1)30-17-4-5-21-35(30)43-46-44(48-45(47-43)37-24-14-23-34-33-20-9-13-28-41(33)50-42(34)37)36-22-8-12-27-40(36)49-38-25-10-6-18-31(38)32-19-7-11-26-39(32)49/h1-28H. The minimum Gasteiger partial charge on any atom is -0.309 e. The topological polar surface area (TPSA) is 43.6 Å². The Hall–Kier alpha value is -6.43. The van der Waals surface area contributed by atoms with Gasteiger partial charge in [0.2, 0.25) is 0 Å². The van der Waals surface area contributed by atoms with Crippen molar-refractivity contribution < 1.29 is 0 Å². The molecule has 3 aromatic heterocycles. The van der Waals surface area contributed by atoms with Crippen molar-refractivity contribution in [3.8, 4) is 51.0 Å². The molecular weight excluding hydrogens is 629 g/mol. The third kappa shape index (κ3) is 4.55. The molecule has 7 aromatic carbocycles. The van der Waals surface area contributed by atoms with E-state index in [9.17, 15) is 0 Å². The number of hydrogen-bond donors (Lipinski definition) is 0. The molecule has 0 radical (unpaired) electrons. The first-order valence-corrected chi connectivity index (χ1v) is 17.5. The van der Waals surface area contributed by atoms with Crippen LogP contribution in [0.5, 0.6) is 0 Å². The fourth-order valence-corrected chi connectivity index (χ4v) is 8.46. The van der Waals surface area contributed by atoms with Crippen LogP contribution < -0.4 is 0 Å². The minimum atomic E-state index is 0.628. The van der Waals surface area contributed by atoms with E-state index in [2.05, 4.69) is 168 Å². The van der Waals surface area contributed by atoms with Crippen LogP contribution >= 0.6 is 11.3 Å². The Morgan fingerprint density at radius 2 is 0.860 bits per heavy atom. The summed E-state index contributed by atoms with van der Waals surface area (Å²) in [7, 11) is 0. The Balaban J connectivity index is 1.27. The molecule has 4 nitrogen and oxygen atoms in total. The molecule has 10 rings (SSSR count). The summed E-state index contributed by atoms with van der Waals surface area (Å²) >= 11 is 1.79. The van der Waals surface area contributed by atoms with E-state index < -0.39 is 0 Å². The summed E-state index contributed by atoms with van der Waals surface area (Å²) < 4.78 is 4.76. The molecule has 50 heavy (non-hydrogen) atoms. The lowest BCUT2D eigenvalue weighted by Crippen LogP contribution is -2.04. The van der Waals surface area contributed by atoms with Crippen LogP contribution in [-0.4, -0.2) is 19.5 Å². The first kappa shape index (κ1) is 28.6. The van der Waals surface area contributed by atoms with E-state index in [4.69, 9.17) is 15.0 Å². The second-order valence-corrected chi connectivity index (χ2v) is 13.4. The molecule has 0 aliphatic rings. The van der Waals surface area contributed by atoms with Gasteiger partial charge in [0.15, 0.2) is 17.5 Å². The molecule has 0 unspecified atom stereocenters. The van der Waals surface area contributed by atoms with Crippen molar-refractivity contribution in [2.24, 2.45) is 0 Å². The van der Waals surface area contributed by atoms with E-state index in [-0.39, 0.29) is 0 Å². The second kappa shape index (κ2) is 11.6. The number of hydrogen-bond acceptors (Lipinski definition) is 4. The molecule has 0 aliphatic carbocycles. The molecule has 10 aromatic rings. The van der Waals surface area contributed by atoms with Gasteiger partial charge in [0.25, 0.3) is 0 Å². The third-order valence-corrected chi connectivity index (χ3v) is 10.7. The molecule has 0 spiro atoms. The maximum Gasteiger partial charge on any atom is 0.166 e.